The Balaban J connectivity index is 1.92. The Hall–Kier alpha value is -2.07. The summed E-state index contributed by atoms with van der Waals surface area (Å²) in [5, 5.41) is 5.03. The molecule has 2 unspecified atom stereocenters. The van der Waals surface area contributed by atoms with Crippen molar-refractivity contribution in [3.63, 3.8) is 0 Å². The second kappa shape index (κ2) is 7.01. The van der Waals surface area contributed by atoms with E-state index in [1.54, 1.807) is 0 Å². The number of rotatable bonds is 5. The molecular formula is C19H23NO3. The van der Waals surface area contributed by atoms with Gasteiger partial charge in [-0.25, -0.2) is 0 Å². The minimum Gasteiger partial charge on any atom is -0.493 e. The first-order valence-corrected chi connectivity index (χ1v) is 8.27. The highest BCUT2D eigenvalue weighted by Gasteiger charge is 2.25. The summed E-state index contributed by atoms with van der Waals surface area (Å²) in [6, 6.07) is 11.7. The molecule has 2 atom stereocenters. The third-order valence-corrected chi connectivity index (χ3v) is 4.30. The molecule has 1 heterocycles. The molecule has 1 aliphatic heterocycles. The van der Waals surface area contributed by atoms with E-state index in [1.807, 2.05) is 50.2 Å². The van der Waals surface area contributed by atoms with Crippen LogP contribution in [0.4, 0.5) is 0 Å². The van der Waals surface area contributed by atoms with E-state index in [2.05, 4.69) is 5.32 Å². The van der Waals surface area contributed by atoms with Gasteiger partial charge < -0.3 is 14.8 Å². The number of carbonyl (C=O) groups excluding carboxylic acids is 1. The summed E-state index contributed by atoms with van der Waals surface area (Å²) in [6.07, 6.45) is 2.16. The van der Waals surface area contributed by atoms with Crippen LogP contribution in [0.25, 0.3) is 10.8 Å². The van der Waals surface area contributed by atoms with Gasteiger partial charge in [-0.15, -0.1) is 0 Å². The van der Waals surface area contributed by atoms with Crippen LogP contribution in [0, 0.1) is 0 Å². The molecule has 4 nitrogen and oxygen atoms in total. The van der Waals surface area contributed by atoms with Crippen LogP contribution in [0.3, 0.4) is 0 Å². The highest BCUT2D eigenvalue weighted by Crippen LogP contribution is 2.28. The summed E-state index contributed by atoms with van der Waals surface area (Å²) >= 11 is 0. The van der Waals surface area contributed by atoms with E-state index >= 15 is 0 Å². The molecule has 1 aliphatic rings. The molecule has 1 fully saturated rings. The third-order valence-electron chi connectivity index (χ3n) is 4.30. The second-order valence-electron chi connectivity index (χ2n) is 5.91. The van der Waals surface area contributed by atoms with Crippen molar-refractivity contribution in [2.24, 2.45) is 0 Å². The lowest BCUT2D eigenvalue weighted by Crippen LogP contribution is -2.41. The van der Waals surface area contributed by atoms with Crippen molar-refractivity contribution in [1.82, 2.24) is 5.32 Å². The monoisotopic (exact) mass is 313 g/mol. The van der Waals surface area contributed by atoms with Crippen LogP contribution in [-0.2, 0) is 4.74 Å². The van der Waals surface area contributed by atoms with Crippen molar-refractivity contribution in [2.75, 3.05) is 13.2 Å². The fourth-order valence-electron chi connectivity index (χ4n) is 3.13. The van der Waals surface area contributed by atoms with Crippen molar-refractivity contribution in [3.8, 4) is 5.75 Å². The Morgan fingerprint density at radius 3 is 2.91 bits per heavy atom. The van der Waals surface area contributed by atoms with Crippen molar-refractivity contribution in [1.29, 1.82) is 0 Å². The number of hydrogen-bond acceptors (Lipinski definition) is 3. The van der Waals surface area contributed by atoms with Gasteiger partial charge in [-0.2, -0.15) is 0 Å². The van der Waals surface area contributed by atoms with Crippen molar-refractivity contribution >= 4 is 16.7 Å². The quantitative estimate of drug-likeness (QED) is 0.918. The molecule has 1 amide bonds. The van der Waals surface area contributed by atoms with Crippen LogP contribution in [0.5, 0.6) is 5.75 Å². The van der Waals surface area contributed by atoms with Gasteiger partial charge in [0.15, 0.2) is 0 Å². The Morgan fingerprint density at radius 1 is 1.35 bits per heavy atom. The average Bonchev–Trinajstić information content (AvgIpc) is 3.09. The van der Waals surface area contributed by atoms with E-state index < -0.39 is 0 Å². The first kappa shape index (κ1) is 15.8. The Kier molecular flexibility index (Phi) is 4.82. The number of carbonyl (C=O) groups is 1. The molecular weight excluding hydrogens is 290 g/mol. The highest BCUT2D eigenvalue weighted by molar-refractivity contribution is 6.09. The lowest BCUT2D eigenvalue weighted by molar-refractivity contribution is 0.0711. The van der Waals surface area contributed by atoms with E-state index in [9.17, 15) is 4.79 Å². The van der Waals surface area contributed by atoms with Gasteiger partial charge in [0.05, 0.1) is 24.3 Å². The summed E-state index contributed by atoms with van der Waals surface area (Å²) in [5.74, 6) is 0.525. The fourth-order valence-corrected chi connectivity index (χ4v) is 3.13. The minimum absolute atomic E-state index is 0.0153. The maximum atomic E-state index is 12.9. The van der Waals surface area contributed by atoms with Crippen LogP contribution in [0.2, 0.25) is 0 Å². The van der Waals surface area contributed by atoms with Crippen molar-refractivity contribution < 1.29 is 14.3 Å². The molecule has 0 radical (unpaired) electrons. The van der Waals surface area contributed by atoms with Crippen molar-refractivity contribution in [2.45, 2.75) is 38.8 Å². The predicted molar refractivity (Wildman–Crippen MR) is 91.0 cm³/mol. The third kappa shape index (κ3) is 3.32. The lowest BCUT2D eigenvalue weighted by atomic mass is 10.0. The molecule has 0 aromatic heterocycles. The molecule has 1 saturated heterocycles. The van der Waals surface area contributed by atoms with Gasteiger partial charge in [0.1, 0.15) is 5.75 Å². The zero-order chi connectivity index (χ0) is 16.2. The van der Waals surface area contributed by atoms with Gasteiger partial charge in [0, 0.05) is 6.61 Å². The normalized spacial score (nSPS) is 18.8. The van der Waals surface area contributed by atoms with E-state index in [1.165, 1.54) is 0 Å². The Labute approximate surface area is 136 Å². The first-order valence-electron chi connectivity index (χ1n) is 8.27. The van der Waals surface area contributed by atoms with E-state index in [0.29, 0.717) is 17.9 Å². The number of hydrogen-bond donors (Lipinski definition) is 1. The van der Waals surface area contributed by atoms with Gasteiger partial charge in [-0.05, 0) is 43.5 Å². The number of ether oxygens (including phenoxy) is 2. The zero-order valence-corrected chi connectivity index (χ0v) is 13.7. The molecule has 2 aromatic rings. The van der Waals surface area contributed by atoms with Crippen molar-refractivity contribution in [3.05, 3.63) is 42.0 Å². The summed E-state index contributed by atoms with van der Waals surface area (Å²) < 4.78 is 11.4. The van der Waals surface area contributed by atoms with Crippen LogP contribution in [0.1, 0.15) is 37.0 Å². The van der Waals surface area contributed by atoms with Crippen LogP contribution >= 0.6 is 0 Å². The first-order chi connectivity index (χ1) is 11.2. The van der Waals surface area contributed by atoms with Gasteiger partial charge in [0.25, 0.3) is 5.91 Å². The number of fused-ring (bicyclic) bond motifs is 1. The molecule has 122 valence electrons. The van der Waals surface area contributed by atoms with Crippen LogP contribution in [0.15, 0.2) is 36.4 Å². The van der Waals surface area contributed by atoms with Crippen LogP contribution in [-0.4, -0.2) is 31.3 Å². The zero-order valence-electron chi connectivity index (χ0n) is 13.7. The predicted octanol–water partition coefficient (Wildman–Crippen LogP) is 3.54. The summed E-state index contributed by atoms with van der Waals surface area (Å²) in [6.45, 7) is 5.23. The van der Waals surface area contributed by atoms with Gasteiger partial charge in [-0.1, -0.05) is 30.3 Å². The van der Waals surface area contributed by atoms with Crippen LogP contribution < -0.4 is 10.1 Å². The summed E-state index contributed by atoms with van der Waals surface area (Å²) in [4.78, 5) is 12.9. The van der Waals surface area contributed by atoms with E-state index in [-0.39, 0.29) is 18.1 Å². The molecule has 4 heteroatoms. The molecule has 0 saturated carbocycles. The Bertz CT molecular complexity index is 692. The number of nitrogens with one attached hydrogen (secondary N) is 1. The largest absolute Gasteiger partial charge is 0.493 e. The molecule has 2 aromatic carbocycles. The van der Waals surface area contributed by atoms with Gasteiger partial charge in [-0.3, -0.25) is 4.79 Å². The summed E-state index contributed by atoms with van der Waals surface area (Å²) in [5.41, 5.74) is 0.606. The lowest BCUT2D eigenvalue weighted by Gasteiger charge is -2.21. The Morgan fingerprint density at radius 2 is 2.17 bits per heavy atom. The molecule has 0 aliphatic carbocycles. The number of amides is 1. The summed E-state index contributed by atoms with van der Waals surface area (Å²) in [7, 11) is 0. The molecule has 0 spiro atoms. The maximum Gasteiger partial charge on any atom is 0.255 e. The highest BCUT2D eigenvalue weighted by atomic mass is 16.5. The SMILES string of the molecule is CCOc1ccc2ccccc2c1C(=O)NC(C)C1CCCO1. The smallest absolute Gasteiger partial charge is 0.255 e. The fraction of sp³-hybridized carbons (Fsp3) is 0.421. The van der Waals surface area contributed by atoms with Gasteiger partial charge >= 0.3 is 0 Å². The number of benzene rings is 2. The average molecular weight is 313 g/mol. The van der Waals surface area contributed by atoms with Gasteiger partial charge in [0.2, 0.25) is 0 Å². The topological polar surface area (TPSA) is 47.6 Å². The second-order valence-corrected chi connectivity index (χ2v) is 5.91. The maximum absolute atomic E-state index is 12.9. The standard InChI is InChI=1S/C19H23NO3/c1-3-22-17-11-10-14-7-4-5-8-15(14)18(17)19(21)20-13(2)16-9-6-12-23-16/h4-5,7-8,10-11,13,16H,3,6,9,12H2,1-2H3,(H,20,21). The van der Waals surface area contributed by atoms with E-state index in [0.717, 1.165) is 30.2 Å². The molecule has 0 bridgehead atoms. The van der Waals surface area contributed by atoms with E-state index in [4.69, 9.17) is 9.47 Å². The minimum atomic E-state index is -0.103. The molecule has 1 N–H and O–H groups in total. The molecule has 3 rings (SSSR count). The molecule has 23 heavy (non-hydrogen) atoms.